The fourth-order valence-corrected chi connectivity index (χ4v) is 8.50. The molecule has 1 saturated heterocycles. The molecule has 5 rings (SSSR count). The molecule has 4 aromatic rings. The van der Waals surface area contributed by atoms with Crippen LogP contribution < -0.4 is 26.7 Å². The Morgan fingerprint density at radius 3 is 2.20 bits per heavy atom. The third kappa shape index (κ3) is 18.3. The van der Waals surface area contributed by atoms with Crippen LogP contribution in [0.5, 0.6) is 0 Å². The number of aryl methyl sites for hydroxylation is 1. The molecular formula is C49H63F3IN7O10S. The van der Waals surface area contributed by atoms with Gasteiger partial charge in [-0.3, -0.25) is 24.0 Å². The van der Waals surface area contributed by atoms with Gasteiger partial charge in [0, 0.05) is 36.0 Å². The average molecular weight is 1130 g/mol. The molecule has 0 radical (unpaired) electrons. The van der Waals surface area contributed by atoms with Crippen molar-refractivity contribution >= 4 is 68.9 Å². The number of nitrogens with one attached hydrogen (secondary N) is 5. The van der Waals surface area contributed by atoms with Gasteiger partial charge in [-0.25, -0.2) is 23.6 Å². The van der Waals surface area contributed by atoms with Gasteiger partial charge >= 0.3 is 0 Å². The topological polar surface area (TPSA) is 211 Å². The maximum Gasteiger partial charge on any atom is 0.277 e. The van der Waals surface area contributed by atoms with E-state index in [0.717, 1.165) is 33.8 Å². The van der Waals surface area contributed by atoms with E-state index >= 15 is 0 Å². The van der Waals surface area contributed by atoms with E-state index in [4.69, 9.17) is 23.8 Å². The summed E-state index contributed by atoms with van der Waals surface area (Å²) in [5, 5.41) is 21.9. The molecule has 2 heterocycles. The lowest BCUT2D eigenvalue weighted by atomic mass is 9.85. The summed E-state index contributed by atoms with van der Waals surface area (Å²) in [6.07, 6.45) is -0.264. The molecule has 3 aromatic carbocycles. The second-order valence-electron chi connectivity index (χ2n) is 17.6. The average Bonchev–Trinajstić information content (AvgIpc) is 3.96. The van der Waals surface area contributed by atoms with Crippen molar-refractivity contribution in [3.05, 3.63) is 98.0 Å². The second kappa shape index (κ2) is 29.0. The Bertz CT molecular complexity index is 2360. The number of hydrogen-bond donors (Lipinski definition) is 6. The van der Waals surface area contributed by atoms with Gasteiger partial charge in [0.2, 0.25) is 17.7 Å². The fourth-order valence-electron chi connectivity index (χ4n) is 7.24. The molecule has 1 fully saturated rings. The molecule has 1 aliphatic rings. The van der Waals surface area contributed by atoms with Crippen molar-refractivity contribution < 1.29 is 61.2 Å². The van der Waals surface area contributed by atoms with Gasteiger partial charge in [0.05, 0.1) is 98.6 Å². The number of aliphatic hydroxyl groups is 1. The van der Waals surface area contributed by atoms with E-state index in [0.29, 0.717) is 56.1 Å². The number of hydroxylamine groups is 1. The largest absolute Gasteiger partial charge is 0.391 e. The Hall–Kier alpha value is -4.79. The molecule has 17 nitrogen and oxygen atoms in total. The summed E-state index contributed by atoms with van der Waals surface area (Å²) in [6, 6.07) is 12.0. The van der Waals surface area contributed by atoms with Crippen molar-refractivity contribution in [2.75, 3.05) is 84.4 Å². The van der Waals surface area contributed by atoms with Gasteiger partial charge in [0.25, 0.3) is 5.91 Å². The number of rotatable bonds is 29. The number of β-amino-alcohol motifs (C(OH)–C–C–N with tert-alkyl or cyclic N) is 1. The van der Waals surface area contributed by atoms with Crippen molar-refractivity contribution in [2.24, 2.45) is 5.41 Å². The number of ether oxygens (including phenoxy) is 4. The first-order valence-corrected chi connectivity index (χ1v) is 25.2. The normalized spacial score (nSPS) is 15.1. The van der Waals surface area contributed by atoms with Crippen molar-refractivity contribution in [3.63, 3.8) is 0 Å². The van der Waals surface area contributed by atoms with Gasteiger partial charge in [0.15, 0.2) is 11.6 Å². The van der Waals surface area contributed by atoms with Crippen LogP contribution in [0.3, 0.4) is 0 Å². The molecule has 6 N–H and O–H groups in total. The molecule has 1 aromatic heterocycles. The number of halogens is 4. The zero-order chi connectivity index (χ0) is 51.3. The van der Waals surface area contributed by atoms with Crippen LogP contribution >= 0.6 is 33.9 Å². The van der Waals surface area contributed by atoms with Crippen LogP contribution in [0.2, 0.25) is 0 Å². The number of anilines is 2. The van der Waals surface area contributed by atoms with Gasteiger partial charge in [-0.05, 0) is 89.4 Å². The minimum Gasteiger partial charge on any atom is -0.391 e. The highest BCUT2D eigenvalue weighted by atomic mass is 127. The zero-order valence-electron chi connectivity index (χ0n) is 40.3. The number of carbonyl (C=O) groups is 4. The van der Waals surface area contributed by atoms with Crippen molar-refractivity contribution in [3.8, 4) is 10.4 Å². The summed E-state index contributed by atoms with van der Waals surface area (Å²) in [6.45, 7) is 11.4. The van der Waals surface area contributed by atoms with E-state index in [9.17, 15) is 37.5 Å². The first kappa shape index (κ1) is 57.1. The minimum atomic E-state index is -1.33. The third-order valence-electron chi connectivity index (χ3n) is 11.0. The lowest BCUT2D eigenvalue weighted by Gasteiger charge is -2.35. The number of likely N-dealkylation sites (tertiary alicyclic amines) is 1. The van der Waals surface area contributed by atoms with Gasteiger partial charge in [0.1, 0.15) is 17.9 Å². The predicted octanol–water partition coefficient (Wildman–Crippen LogP) is 5.79. The number of carbonyl (C=O) groups excluding carboxylic acids is 4. The highest BCUT2D eigenvalue weighted by Crippen LogP contribution is 2.30. The minimum absolute atomic E-state index is 0.00484. The molecule has 0 aliphatic carbocycles. The fraction of sp³-hybridized carbons (Fsp3) is 0.490. The highest BCUT2D eigenvalue weighted by Gasteiger charge is 2.44. The molecule has 1 aliphatic heterocycles. The molecule has 71 heavy (non-hydrogen) atoms. The van der Waals surface area contributed by atoms with Crippen LogP contribution in [0.4, 0.5) is 24.5 Å². The van der Waals surface area contributed by atoms with Crippen LogP contribution in [0, 0.1) is 33.4 Å². The number of amides is 4. The van der Waals surface area contributed by atoms with Crippen LogP contribution in [0.1, 0.15) is 61.6 Å². The van der Waals surface area contributed by atoms with Crippen LogP contribution in [-0.2, 0) is 44.7 Å². The van der Waals surface area contributed by atoms with Gasteiger partial charge < -0.3 is 50.2 Å². The van der Waals surface area contributed by atoms with Gasteiger partial charge in [-0.2, -0.15) is 0 Å². The molecule has 3 atom stereocenters. The summed E-state index contributed by atoms with van der Waals surface area (Å²) < 4.78 is 65.7. The Morgan fingerprint density at radius 1 is 0.873 bits per heavy atom. The Labute approximate surface area is 429 Å². The summed E-state index contributed by atoms with van der Waals surface area (Å²) in [5.41, 5.74) is 5.28. The highest BCUT2D eigenvalue weighted by molar-refractivity contribution is 14.1. The quantitative estimate of drug-likeness (QED) is 0.0216. The van der Waals surface area contributed by atoms with Gasteiger partial charge in [-0.15, -0.1) is 11.3 Å². The third-order valence-corrected chi connectivity index (χ3v) is 12.7. The summed E-state index contributed by atoms with van der Waals surface area (Å²) in [7, 11) is 0. The van der Waals surface area contributed by atoms with Crippen LogP contribution in [0.25, 0.3) is 10.4 Å². The van der Waals surface area contributed by atoms with Crippen molar-refractivity contribution in [2.45, 2.75) is 71.7 Å². The first-order valence-electron chi connectivity index (χ1n) is 23.2. The number of nitrogens with zero attached hydrogens (tertiary/aromatic N) is 2. The van der Waals surface area contributed by atoms with E-state index < -0.39 is 58.6 Å². The molecule has 4 amide bonds. The molecule has 388 valence electrons. The van der Waals surface area contributed by atoms with E-state index in [-0.39, 0.29) is 75.4 Å². The Balaban J connectivity index is 0.851. The Morgan fingerprint density at radius 2 is 1.55 bits per heavy atom. The van der Waals surface area contributed by atoms with Crippen LogP contribution in [0.15, 0.2) is 60.1 Å². The Kier molecular flexibility index (Phi) is 23.4. The lowest BCUT2D eigenvalue weighted by molar-refractivity contribution is -0.144. The molecule has 3 unspecified atom stereocenters. The smallest absolute Gasteiger partial charge is 0.277 e. The van der Waals surface area contributed by atoms with E-state index in [1.165, 1.54) is 17.0 Å². The summed E-state index contributed by atoms with van der Waals surface area (Å²) in [4.78, 5) is 64.9. The lowest BCUT2D eigenvalue weighted by Crippen LogP contribution is -2.57. The number of benzene rings is 3. The molecule has 0 saturated carbocycles. The SMILES string of the molecule is Cc1ncsc1-c1ccc(CNC(=O)C2CC(O)CN2C(=O)C(NC(=O)CCOCCOCCOCCOCCNCCCONC(=O)c2ccc(F)c(F)c2Nc2ccc(I)cc2F)C(C)(C)C)cc1. The second-order valence-corrected chi connectivity index (χ2v) is 19.7. The number of thiazole rings is 1. The van der Waals surface area contributed by atoms with Gasteiger partial charge in [-0.1, -0.05) is 45.0 Å². The summed E-state index contributed by atoms with van der Waals surface area (Å²) >= 11 is 3.48. The number of hydrogen-bond acceptors (Lipinski definition) is 14. The molecule has 0 bridgehead atoms. The van der Waals surface area contributed by atoms with Crippen molar-refractivity contribution in [1.82, 2.24) is 31.3 Å². The maximum absolute atomic E-state index is 14.6. The van der Waals surface area contributed by atoms with E-state index in [1.807, 2.05) is 74.6 Å². The van der Waals surface area contributed by atoms with Crippen LogP contribution in [-0.4, -0.2) is 136 Å². The molecule has 22 heteroatoms. The number of aliphatic hydroxyl groups excluding tert-OH is 1. The monoisotopic (exact) mass is 1130 g/mol. The first-order chi connectivity index (χ1) is 34.0. The summed E-state index contributed by atoms with van der Waals surface area (Å²) in [5.74, 6) is -5.27. The number of aromatic nitrogens is 1. The molecule has 0 spiro atoms. The zero-order valence-corrected chi connectivity index (χ0v) is 43.2. The van der Waals surface area contributed by atoms with E-state index in [2.05, 4.69) is 31.7 Å². The predicted molar refractivity (Wildman–Crippen MR) is 269 cm³/mol. The molecular weight excluding hydrogens is 1060 g/mol. The van der Waals surface area contributed by atoms with E-state index in [1.54, 1.807) is 22.9 Å². The van der Waals surface area contributed by atoms with Crippen molar-refractivity contribution in [1.29, 1.82) is 0 Å². The maximum atomic E-state index is 14.6. The standard InChI is InChI=1S/C49H63F3IN7O10S/c1-31-44(71-30-56-31)33-8-6-32(7-9-33)28-55-47(64)40-27-35(61)29-60(40)48(65)45(49(2,3)4)58-41(62)14-18-66-20-22-68-24-25-69-23-21-67-19-16-54-15-5-17-70-59-46(63)36-11-12-37(50)42(52)43(36)57-39-13-10-34(53)26-38(39)51/h6-13,26,30,35,40,45,54,57,61H,5,14-25,27-29H2,1-4H3,(H,55,64)(H,58,62)(H,59,63).